The van der Waals surface area contributed by atoms with Crippen molar-refractivity contribution in [1.29, 1.82) is 0 Å². The molecular formula is C8H9NOS. The van der Waals surface area contributed by atoms with Gasteiger partial charge in [-0.2, -0.15) is 0 Å². The molecule has 11 heavy (non-hydrogen) atoms. The van der Waals surface area contributed by atoms with Gasteiger partial charge in [-0.3, -0.25) is 0 Å². The molecule has 0 N–H and O–H groups in total. The Hall–Kier alpha value is -0.830. The topological polar surface area (TPSA) is 29.4 Å². The van der Waals surface area contributed by atoms with E-state index >= 15 is 0 Å². The third-order valence-corrected chi connectivity index (χ3v) is 2.09. The Morgan fingerprint density at radius 3 is 2.45 bits per heavy atom. The second-order valence-electron chi connectivity index (χ2n) is 2.52. The van der Waals surface area contributed by atoms with Crippen LogP contribution in [0.2, 0.25) is 0 Å². The van der Waals surface area contributed by atoms with Crippen LogP contribution in [-0.4, -0.2) is 0 Å². The highest BCUT2D eigenvalue weighted by molar-refractivity contribution is 7.80. The molecule has 0 aliphatic heterocycles. The van der Waals surface area contributed by atoms with Crippen molar-refractivity contribution in [2.75, 3.05) is 0 Å². The second kappa shape index (κ2) is 3.05. The standard InChI is InChI=1S/C8H9NOS/c1-5-4-8(11)6(2)3-7(5)9-10/h3-4,11H,1-2H3. The normalized spacial score (nSPS) is 9.73. The van der Waals surface area contributed by atoms with Gasteiger partial charge < -0.3 is 0 Å². The van der Waals surface area contributed by atoms with Crippen molar-refractivity contribution in [3.8, 4) is 0 Å². The minimum Gasteiger partial charge on any atom is -0.145 e. The van der Waals surface area contributed by atoms with Crippen LogP contribution in [0.5, 0.6) is 0 Å². The quantitative estimate of drug-likeness (QED) is 0.505. The predicted octanol–water partition coefficient (Wildman–Crippen LogP) is 2.99. The summed E-state index contributed by atoms with van der Waals surface area (Å²) in [7, 11) is 0. The third-order valence-electron chi connectivity index (χ3n) is 1.61. The van der Waals surface area contributed by atoms with Crippen molar-refractivity contribution in [2.45, 2.75) is 18.7 Å². The number of thiol groups is 1. The Kier molecular flexibility index (Phi) is 2.29. The summed E-state index contributed by atoms with van der Waals surface area (Å²) in [6, 6.07) is 3.58. The van der Waals surface area contributed by atoms with E-state index in [2.05, 4.69) is 17.8 Å². The predicted molar refractivity (Wildman–Crippen MR) is 48.6 cm³/mol. The molecular weight excluding hydrogens is 158 g/mol. The number of benzene rings is 1. The first kappa shape index (κ1) is 8.27. The molecule has 0 saturated heterocycles. The van der Waals surface area contributed by atoms with E-state index in [-0.39, 0.29) is 0 Å². The van der Waals surface area contributed by atoms with Crippen LogP contribution in [0, 0.1) is 18.8 Å². The summed E-state index contributed by atoms with van der Waals surface area (Å²) in [4.78, 5) is 11.1. The van der Waals surface area contributed by atoms with E-state index in [1.807, 2.05) is 19.9 Å². The van der Waals surface area contributed by atoms with Crippen LogP contribution >= 0.6 is 12.6 Å². The van der Waals surface area contributed by atoms with Gasteiger partial charge in [-0.1, -0.05) is 0 Å². The Bertz CT molecular complexity index is 296. The van der Waals surface area contributed by atoms with Gasteiger partial charge in [-0.25, -0.2) is 0 Å². The number of nitrogens with zero attached hydrogens (tertiary/aromatic N) is 1. The maximum atomic E-state index is 10.2. The zero-order valence-corrected chi connectivity index (χ0v) is 7.35. The first-order valence-corrected chi connectivity index (χ1v) is 3.73. The van der Waals surface area contributed by atoms with Gasteiger partial charge in [0.25, 0.3) is 0 Å². The van der Waals surface area contributed by atoms with Crippen molar-refractivity contribution < 1.29 is 0 Å². The van der Waals surface area contributed by atoms with Crippen LogP contribution in [0.4, 0.5) is 5.69 Å². The Labute approximate surface area is 71.0 Å². The van der Waals surface area contributed by atoms with Crippen LogP contribution in [0.25, 0.3) is 0 Å². The molecule has 0 atom stereocenters. The minimum atomic E-state index is 0.500. The van der Waals surface area contributed by atoms with Crippen LogP contribution in [0.3, 0.4) is 0 Å². The lowest BCUT2D eigenvalue weighted by Gasteiger charge is -2.01. The molecule has 58 valence electrons. The van der Waals surface area contributed by atoms with E-state index in [0.29, 0.717) is 5.69 Å². The zero-order valence-electron chi connectivity index (χ0n) is 6.46. The highest BCUT2D eigenvalue weighted by atomic mass is 32.1. The van der Waals surface area contributed by atoms with Gasteiger partial charge in [0.2, 0.25) is 0 Å². The number of hydrogen-bond acceptors (Lipinski definition) is 3. The van der Waals surface area contributed by atoms with E-state index in [0.717, 1.165) is 16.0 Å². The van der Waals surface area contributed by atoms with Crippen molar-refractivity contribution in [2.24, 2.45) is 5.18 Å². The molecule has 0 amide bonds. The highest BCUT2D eigenvalue weighted by Crippen LogP contribution is 2.24. The van der Waals surface area contributed by atoms with E-state index in [1.54, 1.807) is 6.07 Å². The second-order valence-corrected chi connectivity index (χ2v) is 3.00. The fraction of sp³-hybridized carbons (Fsp3) is 0.250. The SMILES string of the molecule is Cc1cc(N=O)c(C)cc1S. The zero-order chi connectivity index (χ0) is 8.43. The molecule has 0 radical (unpaired) electrons. The number of rotatable bonds is 1. The Balaban J connectivity index is 3.31. The van der Waals surface area contributed by atoms with Gasteiger partial charge in [0, 0.05) is 4.90 Å². The van der Waals surface area contributed by atoms with E-state index in [1.165, 1.54) is 0 Å². The van der Waals surface area contributed by atoms with Crippen molar-refractivity contribution in [3.63, 3.8) is 0 Å². The summed E-state index contributed by atoms with van der Waals surface area (Å²) in [6.45, 7) is 3.74. The smallest absolute Gasteiger partial charge is 0.111 e. The van der Waals surface area contributed by atoms with Gasteiger partial charge >= 0.3 is 0 Å². The minimum absolute atomic E-state index is 0.500. The fourth-order valence-electron chi connectivity index (χ4n) is 0.884. The largest absolute Gasteiger partial charge is 0.145 e. The lowest BCUT2D eigenvalue weighted by Crippen LogP contribution is -1.79. The molecule has 0 fully saturated rings. The molecule has 0 saturated carbocycles. The lowest BCUT2D eigenvalue weighted by atomic mass is 10.1. The first-order chi connectivity index (χ1) is 5.15. The van der Waals surface area contributed by atoms with Crippen LogP contribution < -0.4 is 0 Å². The molecule has 0 unspecified atom stereocenters. The molecule has 0 aliphatic rings. The summed E-state index contributed by atoms with van der Waals surface area (Å²) in [6.07, 6.45) is 0. The van der Waals surface area contributed by atoms with Crippen LogP contribution in [-0.2, 0) is 0 Å². The molecule has 1 rings (SSSR count). The van der Waals surface area contributed by atoms with E-state index < -0.39 is 0 Å². The van der Waals surface area contributed by atoms with Crippen molar-refractivity contribution >= 4 is 18.3 Å². The first-order valence-electron chi connectivity index (χ1n) is 3.28. The molecule has 0 bridgehead atoms. The number of hydrogen-bond donors (Lipinski definition) is 1. The molecule has 2 nitrogen and oxygen atoms in total. The molecule has 0 heterocycles. The van der Waals surface area contributed by atoms with Crippen molar-refractivity contribution in [3.05, 3.63) is 28.2 Å². The van der Waals surface area contributed by atoms with Gasteiger partial charge in [-0.15, -0.1) is 17.5 Å². The summed E-state index contributed by atoms with van der Waals surface area (Å²) in [5.74, 6) is 0. The maximum absolute atomic E-state index is 10.2. The summed E-state index contributed by atoms with van der Waals surface area (Å²) >= 11 is 4.21. The third kappa shape index (κ3) is 1.60. The van der Waals surface area contributed by atoms with Crippen molar-refractivity contribution in [1.82, 2.24) is 0 Å². The van der Waals surface area contributed by atoms with Crippen LogP contribution in [0.1, 0.15) is 11.1 Å². The molecule has 3 heteroatoms. The number of nitroso groups, excluding NO2 is 1. The summed E-state index contributed by atoms with van der Waals surface area (Å²) in [5.41, 5.74) is 2.35. The summed E-state index contributed by atoms with van der Waals surface area (Å²) in [5, 5.41) is 2.89. The number of aryl methyl sites for hydroxylation is 2. The molecule has 1 aromatic rings. The lowest BCUT2D eigenvalue weighted by molar-refractivity contribution is 1.25. The van der Waals surface area contributed by atoms with E-state index in [9.17, 15) is 4.91 Å². The van der Waals surface area contributed by atoms with Gasteiger partial charge in [0.15, 0.2) is 0 Å². The van der Waals surface area contributed by atoms with Crippen LogP contribution in [0.15, 0.2) is 22.2 Å². The maximum Gasteiger partial charge on any atom is 0.111 e. The Morgan fingerprint density at radius 1 is 1.27 bits per heavy atom. The van der Waals surface area contributed by atoms with E-state index in [4.69, 9.17) is 0 Å². The molecule has 0 aromatic heterocycles. The summed E-state index contributed by atoms with van der Waals surface area (Å²) < 4.78 is 0. The monoisotopic (exact) mass is 167 g/mol. The molecule has 1 aromatic carbocycles. The molecule has 0 aliphatic carbocycles. The molecule has 0 spiro atoms. The van der Waals surface area contributed by atoms with Gasteiger partial charge in [-0.05, 0) is 42.3 Å². The Morgan fingerprint density at radius 2 is 1.91 bits per heavy atom. The van der Waals surface area contributed by atoms with Gasteiger partial charge in [0.05, 0.1) is 0 Å². The van der Waals surface area contributed by atoms with Gasteiger partial charge in [0.1, 0.15) is 5.69 Å². The average Bonchev–Trinajstić information content (AvgIpc) is 1.97. The highest BCUT2D eigenvalue weighted by Gasteiger charge is 2.00. The average molecular weight is 167 g/mol. The fourth-order valence-corrected chi connectivity index (χ4v) is 1.14.